The van der Waals surface area contributed by atoms with Crippen molar-refractivity contribution in [3.63, 3.8) is 0 Å². The summed E-state index contributed by atoms with van der Waals surface area (Å²) in [6, 6.07) is 4.47. The highest BCUT2D eigenvalue weighted by molar-refractivity contribution is 6.30. The SMILES string of the molecule is CCNCCC(=O)Cc1ccc(Cl)c(F)c1. The summed E-state index contributed by atoms with van der Waals surface area (Å²) < 4.78 is 13.1. The van der Waals surface area contributed by atoms with E-state index in [9.17, 15) is 9.18 Å². The largest absolute Gasteiger partial charge is 0.317 e. The zero-order chi connectivity index (χ0) is 12.0. The van der Waals surface area contributed by atoms with E-state index >= 15 is 0 Å². The minimum atomic E-state index is -0.473. The first-order valence-corrected chi connectivity index (χ1v) is 5.67. The molecular formula is C12H15ClFNO. The fraction of sp³-hybridized carbons (Fsp3) is 0.417. The van der Waals surface area contributed by atoms with Crippen molar-refractivity contribution in [2.75, 3.05) is 13.1 Å². The van der Waals surface area contributed by atoms with Gasteiger partial charge in [-0.1, -0.05) is 24.6 Å². The minimum absolute atomic E-state index is 0.0869. The van der Waals surface area contributed by atoms with Crippen LogP contribution in [0.15, 0.2) is 18.2 Å². The van der Waals surface area contributed by atoms with Crippen molar-refractivity contribution in [3.05, 3.63) is 34.6 Å². The zero-order valence-electron chi connectivity index (χ0n) is 9.22. The van der Waals surface area contributed by atoms with Gasteiger partial charge in [-0.2, -0.15) is 0 Å². The van der Waals surface area contributed by atoms with E-state index in [1.165, 1.54) is 12.1 Å². The number of Topliss-reactive ketones (excluding diaryl/α,β-unsaturated/α-hetero) is 1. The number of rotatable bonds is 6. The van der Waals surface area contributed by atoms with Crippen LogP contribution in [0.1, 0.15) is 18.9 Å². The average Bonchev–Trinajstić information content (AvgIpc) is 2.24. The molecule has 0 spiro atoms. The molecule has 1 aromatic rings. The lowest BCUT2D eigenvalue weighted by atomic mass is 10.1. The minimum Gasteiger partial charge on any atom is -0.317 e. The standard InChI is InChI=1S/C12H15ClFNO/c1-2-15-6-5-10(16)7-9-3-4-11(13)12(14)8-9/h3-4,8,15H,2,5-7H2,1H3. The van der Waals surface area contributed by atoms with E-state index in [2.05, 4.69) is 5.32 Å². The van der Waals surface area contributed by atoms with Gasteiger partial charge in [0.2, 0.25) is 0 Å². The van der Waals surface area contributed by atoms with E-state index in [0.29, 0.717) is 18.5 Å². The smallest absolute Gasteiger partial charge is 0.142 e. The van der Waals surface area contributed by atoms with Crippen LogP contribution in [0.25, 0.3) is 0 Å². The molecule has 0 radical (unpaired) electrons. The highest BCUT2D eigenvalue weighted by Crippen LogP contribution is 2.16. The number of carbonyl (C=O) groups excluding carboxylic acids is 1. The third-order valence-electron chi connectivity index (χ3n) is 2.22. The topological polar surface area (TPSA) is 29.1 Å². The molecule has 0 fully saturated rings. The van der Waals surface area contributed by atoms with Crippen LogP contribution in [-0.2, 0) is 11.2 Å². The van der Waals surface area contributed by atoms with Gasteiger partial charge in [-0.15, -0.1) is 0 Å². The quantitative estimate of drug-likeness (QED) is 0.779. The Hall–Kier alpha value is -0.930. The van der Waals surface area contributed by atoms with Gasteiger partial charge in [0, 0.05) is 19.4 Å². The summed E-state index contributed by atoms with van der Waals surface area (Å²) in [5, 5.41) is 3.16. The van der Waals surface area contributed by atoms with E-state index in [4.69, 9.17) is 11.6 Å². The van der Waals surface area contributed by atoms with Gasteiger partial charge in [0.25, 0.3) is 0 Å². The molecule has 4 heteroatoms. The Balaban J connectivity index is 2.46. The van der Waals surface area contributed by atoms with Crippen molar-refractivity contribution in [1.82, 2.24) is 5.32 Å². The van der Waals surface area contributed by atoms with Crippen molar-refractivity contribution in [2.24, 2.45) is 0 Å². The van der Waals surface area contributed by atoms with Gasteiger partial charge in [-0.3, -0.25) is 4.79 Å². The molecule has 0 amide bonds. The number of nitrogens with one attached hydrogen (secondary N) is 1. The molecule has 88 valence electrons. The Bertz CT molecular complexity index is 368. The van der Waals surface area contributed by atoms with E-state index < -0.39 is 5.82 Å². The summed E-state index contributed by atoms with van der Waals surface area (Å²) in [5.74, 6) is -0.374. The van der Waals surface area contributed by atoms with E-state index in [0.717, 1.165) is 6.54 Å². The zero-order valence-corrected chi connectivity index (χ0v) is 9.98. The molecule has 0 unspecified atom stereocenters. The Kier molecular flexibility index (Phi) is 5.43. The van der Waals surface area contributed by atoms with Gasteiger partial charge >= 0.3 is 0 Å². The second-order valence-electron chi connectivity index (χ2n) is 3.57. The van der Waals surface area contributed by atoms with Crippen molar-refractivity contribution < 1.29 is 9.18 Å². The predicted octanol–water partition coefficient (Wildman–Crippen LogP) is 2.59. The number of benzene rings is 1. The second-order valence-corrected chi connectivity index (χ2v) is 3.97. The van der Waals surface area contributed by atoms with Gasteiger partial charge in [-0.25, -0.2) is 4.39 Å². The van der Waals surface area contributed by atoms with Crippen molar-refractivity contribution >= 4 is 17.4 Å². The molecule has 16 heavy (non-hydrogen) atoms. The van der Waals surface area contributed by atoms with Gasteiger partial charge in [-0.05, 0) is 24.2 Å². The van der Waals surface area contributed by atoms with Gasteiger partial charge in [0.15, 0.2) is 0 Å². The molecule has 0 saturated carbocycles. The maximum atomic E-state index is 13.1. The number of hydrogen-bond acceptors (Lipinski definition) is 2. The number of ketones is 1. The summed E-state index contributed by atoms with van der Waals surface area (Å²) in [6.45, 7) is 3.51. The number of hydrogen-bond donors (Lipinski definition) is 1. The molecule has 0 bridgehead atoms. The summed E-state index contributed by atoms with van der Waals surface area (Å²) in [7, 11) is 0. The molecule has 0 heterocycles. The first-order valence-electron chi connectivity index (χ1n) is 5.29. The van der Waals surface area contributed by atoms with Crippen LogP contribution in [0.3, 0.4) is 0 Å². The Morgan fingerprint density at radius 2 is 2.25 bits per heavy atom. The lowest BCUT2D eigenvalue weighted by Crippen LogP contribution is -2.18. The van der Waals surface area contributed by atoms with Crippen LogP contribution in [0.4, 0.5) is 4.39 Å². The highest BCUT2D eigenvalue weighted by atomic mass is 35.5. The van der Waals surface area contributed by atoms with E-state index in [1.807, 2.05) is 6.92 Å². The molecule has 0 saturated heterocycles. The van der Waals surface area contributed by atoms with Gasteiger partial charge in [0.05, 0.1) is 5.02 Å². The normalized spacial score (nSPS) is 10.4. The maximum absolute atomic E-state index is 13.1. The molecule has 0 aromatic heterocycles. The maximum Gasteiger partial charge on any atom is 0.142 e. The first kappa shape index (κ1) is 13.1. The molecule has 1 N–H and O–H groups in total. The lowest BCUT2D eigenvalue weighted by molar-refractivity contribution is -0.118. The van der Waals surface area contributed by atoms with Gasteiger partial charge < -0.3 is 5.32 Å². The lowest BCUT2D eigenvalue weighted by Gasteiger charge is -2.03. The molecule has 0 atom stereocenters. The summed E-state index contributed by atoms with van der Waals surface area (Å²) in [5.41, 5.74) is 0.670. The van der Waals surface area contributed by atoms with Crippen LogP contribution in [0.2, 0.25) is 5.02 Å². The van der Waals surface area contributed by atoms with Crippen molar-refractivity contribution in [3.8, 4) is 0 Å². The van der Waals surface area contributed by atoms with Crippen LogP contribution >= 0.6 is 11.6 Å². The molecule has 1 rings (SSSR count). The van der Waals surface area contributed by atoms with Crippen LogP contribution in [-0.4, -0.2) is 18.9 Å². The number of halogens is 2. The fourth-order valence-electron chi connectivity index (χ4n) is 1.37. The van der Waals surface area contributed by atoms with E-state index in [-0.39, 0.29) is 17.2 Å². The third-order valence-corrected chi connectivity index (χ3v) is 2.52. The molecule has 2 nitrogen and oxygen atoms in total. The monoisotopic (exact) mass is 243 g/mol. The summed E-state index contributed by atoms with van der Waals surface area (Å²) in [6.07, 6.45) is 0.734. The average molecular weight is 244 g/mol. The van der Waals surface area contributed by atoms with E-state index in [1.54, 1.807) is 6.07 Å². The van der Waals surface area contributed by atoms with Crippen LogP contribution in [0.5, 0.6) is 0 Å². The molecule has 0 aliphatic rings. The predicted molar refractivity (Wildman–Crippen MR) is 63.3 cm³/mol. The van der Waals surface area contributed by atoms with Crippen LogP contribution in [0, 0.1) is 5.82 Å². The highest BCUT2D eigenvalue weighted by Gasteiger charge is 2.06. The Morgan fingerprint density at radius 1 is 1.50 bits per heavy atom. The van der Waals surface area contributed by atoms with Crippen molar-refractivity contribution in [1.29, 1.82) is 0 Å². The Labute approximate surface area is 99.8 Å². The van der Waals surface area contributed by atoms with Gasteiger partial charge in [0.1, 0.15) is 11.6 Å². The van der Waals surface area contributed by atoms with Crippen molar-refractivity contribution in [2.45, 2.75) is 19.8 Å². The molecule has 0 aliphatic heterocycles. The molecular weight excluding hydrogens is 229 g/mol. The third kappa shape index (κ3) is 4.29. The molecule has 0 aliphatic carbocycles. The fourth-order valence-corrected chi connectivity index (χ4v) is 1.49. The Morgan fingerprint density at radius 3 is 2.88 bits per heavy atom. The van der Waals surface area contributed by atoms with Crippen LogP contribution < -0.4 is 5.32 Å². The first-order chi connectivity index (χ1) is 7.63. The second kappa shape index (κ2) is 6.61. The molecule has 1 aromatic carbocycles. The summed E-state index contributed by atoms with van der Waals surface area (Å²) >= 11 is 5.55. The number of carbonyl (C=O) groups is 1. The summed E-state index contributed by atoms with van der Waals surface area (Å²) in [4.78, 5) is 11.5.